The van der Waals surface area contributed by atoms with E-state index in [1.165, 1.54) is 31.2 Å². The Kier molecular flexibility index (Phi) is 32.6. The summed E-state index contributed by atoms with van der Waals surface area (Å²) in [5.41, 5.74) is 11.6. The molecule has 9 amide bonds. The third-order valence-electron chi connectivity index (χ3n) is 12.6. The van der Waals surface area contributed by atoms with Crippen LogP contribution in [0.2, 0.25) is 0 Å². The van der Waals surface area contributed by atoms with E-state index in [9.17, 15) is 87.9 Å². The predicted octanol–water partition coefficient (Wildman–Crippen LogP) is -3.19. The van der Waals surface area contributed by atoms with Gasteiger partial charge in [-0.2, -0.15) is 0 Å². The Labute approximate surface area is 474 Å². The number of rotatable bonds is 40. The number of carbonyl (C=O) groups excluding carboxylic acids is 9. The summed E-state index contributed by atoms with van der Waals surface area (Å²) in [5.74, 6) is -16.3. The summed E-state index contributed by atoms with van der Waals surface area (Å²) in [6, 6.07) is -8.73. The third-order valence-corrected chi connectivity index (χ3v) is 12.6. The van der Waals surface area contributed by atoms with E-state index in [-0.39, 0.29) is 62.7 Å². The number of carboxylic acids is 4. The quantitative estimate of drug-likeness (QED) is 0.0288. The molecule has 30 heteroatoms. The van der Waals surface area contributed by atoms with Crippen molar-refractivity contribution >= 4 is 77.0 Å². The number of carboxylic acid groups (broad SMARTS) is 4. The highest BCUT2D eigenvalue weighted by molar-refractivity contribution is 5.99. The lowest BCUT2D eigenvalue weighted by Crippen LogP contribution is -2.61. The maximum atomic E-state index is 14.3. The Balaban J connectivity index is 3.51. The molecule has 10 atom stereocenters. The number of phenols is 1. The first-order valence-electron chi connectivity index (χ1n) is 26.8. The third kappa shape index (κ3) is 27.9. The van der Waals surface area contributed by atoms with Gasteiger partial charge < -0.3 is 90.0 Å². The van der Waals surface area contributed by atoms with E-state index in [0.717, 1.165) is 0 Å². The van der Waals surface area contributed by atoms with Crippen molar-refractivity contribution in [2.45, 2.75) is 173 Å². The van der Waals surface area contributed by atoms with Crippen LogP contribution < -0.4 is 59.3 Å². The second kappa shape index (κ2) is 37.1. The van der Waals surface area contributed by atoms with Gasteiger partial charge in [-0.05, 0) is 86.9 Å². The molecule has 30 nitrogen and oxygen atoms in total. The van der Waals surface area contributed by atoms with Gasteiger partial charge in [0.2, 0.25) is 53.2 Å². The highest BCUT2D eigenvalue weighted by Crippen LogP contribution is 2.15. The molecule has 0 saturated heterocycles. The standard InChI is InChI=1S/C52H83N11O19/c1-7-28(6)43(51(80)61-37(23-42(71)72)45(74)55-24-39(66)56-33(52(81)82)10-8-9-19-53)63-49(78)36(22-29-11-13-30(65)14-12-29)60-50(79)38(25-64)62-46(75)32(16-18-41(69)70)57-47(76)35(21-27(4)5)59-48(77)34(20-26(2)3)58-44(73)31(54)15-17-40(67)68/h11-14,26-28,31-38,43,64-65H,7-10,15-25,53-54H2,1-6H3,(H,55,74)(H,56,66)(H,57,76)(H,58,73)(H,59,77)(H,60,79)(H,61,80)(H,62,75)(H,63,78)(H,67,68)(H,69,70)(H,71,72)(H,81,82)/t28-,31-,32-,33-,34-,35-,36-,37-,38-,43-/m0/s1. The Morgan fingerprint density at radius 1 is 0.512 bits per heavy atom. The lowest BCUT2D eigenvalue weighted by Gasteiger charge is -2.29. The second-order valence-electron chi connectivity index (χ2n) is 20.6. The molecule has 460 valence electrons. The zero-order chi connectivity index (χ0) is 62.4. The van der Waals surface area contributed by atoms with Crippen LogP contribution in [0.15, 0.2) is 24.3 Å². The summed E-state index contributed by atoms with van der Waals surface area (Å²) < 4.78 is 0. The summed E-state index contributed by atoms with van der Waals surface area (Å²) in [5, 5.41) is 79.3. The van der Waals surface area contributed by atoms with E-state index in [4.69, 9.17) is 16.6 Å². The van der Waals surface area contributed by atoms with Gasteiger partial charge in [0, 0.05) is 19.3 Å². The zero-order valence-electron chi connectivity index (χ0n) is 47.0. The van der Waals surface area contributed by atoms with Crippen LogP contribution in [0.1, 0.15) is 118 Å². The summed E-state index contributed by atoms with van der Waals surface area (Å²) in [6.07, 6.45) is -2.31. The smallest absolute Gasteiger partial charge is 0.326 e. The molecule has 0 bridgehead atoms. The van der Waals surface area contributed by atoms with Crippen LogP contribution in [0.4, 0.5) is 0 Å². The molecule has 0 aliphatic heterocycles. The first-order chi connectivity index (χ1) is 38.4. The first-order valence-corrected chi connectivity index (χ1v) is 26.8. The average Bonchev–Trinajstić information content (AvgIpc) is 3.39. The van der Waals surface area contributed by atoms with Crippen molar-refractivity contribution in [2.24, 2.45) is 29.2 Å². The topological polar surface area (TPSA) is 504 Å². The Bertz CT molecular complexity index is 2360. The number of carbonyl (C=O) groups is 13. The van der Waals surface area contributed by atoms with Crippen LogP contribution in [-0.4, -0.2) is 182 Å². The summed E-state index contributed by atoms with van der Waals surface area (Å²) in [4.78, 5) is 169. The molecular weight excluding hydrogens is 1080 g/mol. The van der Waals surface area contributed by atoms with Gasteiger partial charge >= 0.3 is 23.9 Å². The SMILES string of the molecule is CC[C@H](C)[C@H](NC(=O)[C@H](Cc1ccc(O)cc1)NC(=O)[C@H](CO)NC(=O)[C@H](CCC(=O)O)NC(=O)[C@H](CC(C)C)NC(=O)[C@H](CC(C)C)NC(=O)[C@@H](N)CCC(=O)O)C(=O)N[C@@H](CC(=O)O)C(=O)NCC(=O)N[C@@H](CCCCN)C(=O)O. The highest BCUT2D eigenvalue weighted by Gasteiger charge is 2.37. The lowest BCUT2D eigenvalue weighted by molar-refractivity contribution is -0.143. The molecule has 0 fully saturated rings. The molecule has 0 aliphatic rings. The number of aliphatic carboxylic acids is 4. The maximum Gasteiger partial charge on any atom is 0.326 e. The second-order valence-corrected chi connectivity index (χ2v) is 20.6. The number of hydrogen-bond donors (Lipinski definition) is 17. The van der Waals surface area contributed by atoms with Crippen LogP contribution in [-0.2, 0) is 68.7 Å². The number of unbranched alkanes of at least 4 members (excludes halogenated alkanes) is 1. The fourth-order valence-electron chi connectivity index (χ4n) is 7.88. The molecule has 1 rings (SSSR count). The highest BCUT2D eigenvalue weighted by atomic mass is 16.4. The van der Waals surface area contributed by atoms with Gasteiger partial charge in [-0.1, -0.05) is 60.1 Å². The molecule has 0 spiro atoms. The number of aromatic hydroxyl groups is 1. The largest absolute Gasteiger partial charge is 0.508 e. The van der Waals surface area contributed by atoms with Crippen LogP contribution >= 0.6 is 0 Å². The molecular formula is C52H83N11O19. The molecule has 0 aromatic heterocycles. The predicted molar refractivity (Wildman–Crippen MR) is 290 cm³/mol. The van der Waals surface area contributed by atoms with Crippen LogP contribution in [0, 0.1) is 17.8 Å². The number of aliphatic hydroxyl groups is 1. The summed E-state index contributed by atoms with van der Waals surface area (Å²) in [6.45, 7) is 8.36. The normalized spacial score (nSPS) is 14.8. The number of hydrogen-bond acceptors (Lipinski definition) is 17. The molecule has 82 heavy (non-hydrogen) atoms. The van der Waals surface area contributed by atoms with Gasteiger partial charge in [-0.3, -0.25) is 57.5 Å². The van der Waals surface area contributed by atoms with Crippen LogP contribution in [0.5, 0.6) is 5.75 Å². The molecule has 0 aliphatic carbocycles. The fraction of sp³-hybridized carbons (Fsp3) is 0.635. The van der Waals surface area contributed by atoms with Crippen molar-refractivity contribution in [1.29, 1.82) is 0 Å². The number of amides is 9. The van der Waals surface area contributed by atoms with E-state index in [1.807, 2.05) is 0 Å². The van der Waals surface area contributed by atoms with Crippen LogP contribution in [0.25, 0.3) is 0 Å². The van der Waals surface area contributed by atoms with Gasteiger partial charge in [0.15, 0.2) is 0 Å². The Morgan fingerprint density at radius 3 is 1.49 bits per heavy atom. The van der Waals surface area contributed by atoms with E-state index >= 15 is 0 Å². The van der Waals surface area contributed by atoms with E-state index in [1.54, 1.807) is 34.6 Å². The summed E-state index contributed by atoms with van der Waals surface area (Å²) in [7, 11) is 0. The Morgan fingerprint density at radius 2 is 0.988 bits per heavy atom. The van der Waals surface area contributed by atoms with Crippen molar-refractivity contribution in [3.63, 3.8) is 0 Å². The van der Waals surface area contributed by atoms with E-state index < -0.39 is 176 Å². The van der Waals surface area contributed by atoms with Gasteiger partial charge in [0.25, 0.3) is 0 Å². The number of benzene rings is 1. The van der Waals surface area contributed by atoms with Gasteiger partial charge in [-0.25, -0.2) is 4.79 Å². The van der Waals surface area contributed by atoms with Crippen molar-refractivity contribution in [1.82, 2.24) is 47.9 Å². The average molecular weight is 1170 g/mol. The van der Waals surface area contributed by atoms with Crippen molar-refractivity contribution in [3.8, 4) is 5.75 Å². The molecule has 19 N–H and O–H groups in total. The van der Waals surface area contributed by atoms with Crippen LogP contribution in [0.3, 0.4) is 0 Å². The number of phenolic OH excluding ortho intramolecular Hbond substituents is 1. The lowest BCUT2D eigenvalue weighted by atomic mass is 9.96. The minimum absolute atomic E-state index is 0.0259. The number of nitrogens with two attached hydrogens (primary N) is 2. The van der Waals surface area contributed by atoms with Gasteiger partial charge in [0.1, 0.15) is 54.1 Å². The fourth-order valence-corrected chi connectivity index (χ4v) is 7.88. The molecule has 1 aromatic rings. The monoisotopic (exact) mass is 1170 g/mol. The zero-order valence-corrected chi connectivity index (χ0v) is 47.0. The van der Waals surface area contributed by atoms with Gasteiger partial charge in [0.05, 0.1) is 25.6 Å². The minimum atomic E-state index is -1.92. The van der Waals surface area contributed by atoms with Crippen molar-refractivity contribution < 1.29 is 93.0 Å². The van der Waals surface area contributed by atoms with Crippen molar-refractivity contribution in [3.05, 3.63) is 29.8 Å². The van der Waals surface area contributed by atoms with Crippen molar-refractivity contribution in [2.75, 3.05) is 19.7 Å². The minimum Gasteiger partial charge on any atom is -0.508 e. The number of aliphatic hydroxyl groups excluding tert-OH is 1. The van der Waals surface area contributed by atoms with Gasteiger partial charge in [-0.15, -0.1) is 0 Å². The first kappa shape index (κ1) is 72.0. The molecule has 0 saturated carbocycles. The molecule has 1 aromatic carbocycles. The Hall–Kier alpha value is -7.99. The molecule has 0 radical (unpaired) electrons. The van der Waals surface area contributed by atoms with E-state index in [2.05, 4.69) is 47.9 Å². The summed E-state index contributed by atoms with van der Waals surface area (Å²) >= 11 is 0. The van der Waals surface area contributed by atoms with E-state index in [0.29, 0.717) is 18.4 Å². The molecule has 0 heterocycles. The number of nitrogens with one attached hydrogen (secondary N) is 9. The maximum absolute atomic E-state index is 14.3. The molecule has 0 unspecified atom stereocenters.